The molecule has 2 aromatic rings. The number of carboxylic acids is 1. The molecule has 9 nitrogen and oxygen atoms in total. The largest absolute Gasteiger partial charge is 0.505 e. The first-order valence-electron chi connectivity index (χ1n) is 10.7. The van der Waals surface area contributed by atoms with Crippen LogP contribution in [-0.4, -0.2) is 58.0 Å². The Kier molecular flexibility index (Phi) is 7.06. The Morgan fingerprint density at radius 1 is 1.21 bits per heavy atom. The number of hydrogen-bond acceptors (Lipinski definition) is 7. The Hall–Kier alpha value is -3.14. The number of carbonyl (C=O) groups is 2. The van der Waals surface area contributed by atoms with Crippen LogP contribution in [-0.2, 0) is 9.59 Å². The number of hydrazone groups is 2. The lowest BCUT2D eigenvalue weighted by atomic mass is 9.88. The van der Waals surface area contributed by atoms with E-state index in [9.17, 15) is 14.7 Å². The molecule has 11 heteroatoms. The van der Waals surface area contributed by atoms with Crippen molar-refractivity contribution in [2.75, 3.05) is 30.1 Å². The summed E-state index contributed by atoms with van der Waals surface area (Å²) in [7, 11) is 0. The number of piperidine rings is 1. The molecule has 178 valence electrons. The maximum absolute atomic E-state index is 12.9. The van der Waals surface area contributed by atoms with Gasteiger partial charge in [0.15, 0.2) is 5.71 Å². The van der Waals surface area contributed by atoms with Crippen LogP contribution in [0.2, 0.25) is 10.0 Å². The van der Waals surface area contributed by atoms with E-state index < -0.39 is 11.9 Å². The zero-order valence-corrected chi connectivity index (χ0v) is 19.8. The molecule has 2 aliphatic heterocycles. The van der Waals surface area contributed by atoms with Crippen molar-refractivity contribution in [2.24, 2.45) is 10.2 Å². The summed E-state index contributed by atoms with van der Waals surface area (Å²) in [5.41, 5.74) is 4.91. The molecular weight excluding hydrogens is 481 g/mol. The molecule has 4 rings (SSSR count). The predicted octanol–water partition coefficient (Wildman–Crippen LogP) is 4.15. The minimum atomic E-state index is -0.843. The number of benzene rings is 2. The summed E-state index contributed by atoms with van der Waals surface area (Å²) in [5.74, 6) is -1.12. The highest BCUT2D eigenvalue weighted by atomic mass is 35.5. The highest BCUT2D eigenvalue weighted by Gasteiger charge is 2.31. The number of hydrogen-bond donors (Lipinski definition) is 3. The van der Waals surface area contributed by atoms with E-state index in [0.29, 0.717) is 40.2 Å². The Labute approximate surface area is 206 Å². The van der Waals surface area contributed by atoms with Crippen LogP contribution >= 0.6 is 23.2 Å². The second-order valence-electron chi connectivity index (χ2n) is 8.16. The summed E-state index contributed by atoms with van der Waals surface area (Å²) in [6.07, 6.45) is 1.48. The SMILES string of the molecule is CC1=NN(c2ccc(Cl)c(Cl)c2)C(=O)C1=NNc1cccc(C2CCN(CC(=O)O)CC2)c1O. The van der Waals surface area contributed by atoms with Crippen molar-refractivity contribution < 1.29 is 19.8 Å². The summed E-state index contributed by atoms with van der Waals surface area (Å²) in [5, 5.41) is 30.2. The fourth-order valence-electron chi connectivity index (χ4n) is 4.11. The van der Waals surface area contributed by atoms with Crippen molar-refractivity contribution in [1.82, 2.24) is 4.90 Å². The third kappa shape index (κ3) is 5.01. The lowest BCUT2D eigenvalue weighted by molar-refractivity contribution is -0.138. The maximum Gasteiger partial charge on any atom is 0.317 e. The molecule has 1 saturated heterocycles. The zero-order chi connectivity index (χ0) is 24.4. The standard InChI is InChI=1S/C23H23Cl2N5O4/c1-13-21(23(34)30(28-13)15-5-6-17(24)18(25)11-15)27-26-19-4-2-3-16(22(19)33)14-7-9-29(10-8-14)12-20(31)32/h2-6,11,14,26,33H,7-10,12H2,1H3,(H,31,32). The van der Waals surface area contributed by atoms with Gasteiger partial charge in [0.25, 0.3) is 0 Å². The van der Waals surface area contributed by atoms with Crippen LogP contribution in [0.15, 0.2) is 46.6 Å². The summed E-state index contributed by atoms with van der Waals surface area (Å²) < 4.78 is 0. The van der Waals surface area contributed by atoms with E-state index in [1.165, 1.54) is 5.01 Å². The summed E-state index contributed by atoms with van der Waals surface area (Å²) in [6.45, 7) is 2.97. The van der Waals surface area contributed by atoms with Gasteiger partial charge in [-0.2, -0.15) is 15.2 Å². The molecule has 1 amide bonds. The van der Waals surface area contributed by atoms with Gasteiger partial charge in [-0.05, 0) is 68.6 Å². The molecular formula is C23H23Cl2N5O4. The molecule has 3 N–H and O–H groups in total. The van der Waals surface area contributed by atoms with Gasteiger partial charge >= 0.3 is 11.9 Å². The lowest BCUT2D eigenvalue weighted by Gasteiger charge is -2.31. The second-order valence-corrected chi connectivity index (χ2v) is 8.97. The molecule has 2 aliphatic rings. The monoisotopic (exact) mass is 503 g/mol. The molecule has 0 aromatic heterocycles. The number of para-hydroxylation sites is 1. The first-order chi connectivity index (χ1) is 16.2. The van der Waals surface area contributed by atoms with Gasteiger partial charge in [0, 0.05) is 0 Å². The third-order valence-corrected chi connectivity index (χ3v) is 6.62. The topological polar surface area (TPSA) is 118 Å². The van der Waals surface area contributed by atoms with Gasteiger partial charge in [0.1, 0.15) is 5.75 Å². The normalized spacial score (nSPS) is 18.4. The van der Waals surface area contributed by atoms with Crippen LogP contribution in [0.3, 0.4) is 0 Å². The van der Waals surface area contributed by atoms with Gasteiger partial charge in [0.2, 0.25) is 0 Å². The van der Waals surface area contributed by atoms with Crippen LogP contribution in [0.1, 0.15) is 31.2 Å². The Morgan fingerprint density at radius 3 is 2.62 bits per heavy atom. The number of amides is 1. The van der Waals surface area contributed by atoms with Crippen molar-refractivity contribution in [3.8, 4) is 5.75 Å². The van der Waals surface area contributed by atoms with E-state index in [2.05, 4.69) is 15.6 Å². The molecule has 0 atom stereocenters. The number of phenolic OH excluding ortho intramolecular Hbond substituents is 1. The number of halogens is 2. The first-order valence-corrected chi connectivity index (χ1v) is 11.4. The number of carbonyl (C=O) groups excluding carboxylic acids is 1. The average molecular weight is 504 g/mol. The fraction of sp³-hybridized carbons (Fsp3) is 0.304. The molecule has 2 aromatic carbocycles. The van der Waals surface area contributed by atoms with Gasteiger partial charge in [-0.3, -0.25) is 19.9 Å². The van der Waals surface area contributed by atoms with Crippen LogP contribution in [0.5, 0.6) is 5.75 Å². The van der Waals surface area contributed by atoms with E-state index in [-0.39, 0.29) is 23.9 Å². The number of aromatic hydroxyl groups is 1. The van der Waals surface area contributed by atoms with E-state index in [4.69, 9.17) is 28.3 Å². The minimum absolute atomic E-state index is 0.0198. The van der Waals surface area contributed by atoms with E-state index >= 15 is 0 Å². The molecule has 1 fully saturated rings. The number of aliphatic carboxylic acids is 1. The molecule has 0 unspecified atom stereocenters. The number of nitrogens with one attached hydrogen (secondary N) is 1. The third-order valence-electron chi connectivity index (χ3n) is 5.88. The number of phenols is 1. The Balaban J connectivity index is 1.48. The summed E-state index contributed by atoms with van der Waals surface area (Å²) >= 11 is 12.0. The van der Waals surface area contributed by atoms with Crippen molar-refractivity contribution in [3.63, 3.8) is 0 Å². The highest BCUT2D eigenvalue weighted by molar-refractivity contribution is 6.71. The molecule has 34 heavy (non-hydrogen) atoms. The minimum Gasteiger partial charge on any atom is -0.505 e. The number of anilines is 2. The molecule has 0 saturated carbocycles. The van der Waals surface area contributed by atoms with E-state index in [1.54, 1.807) is 37.3 Å². The Bertz CT molecular complexity index is 1190. The number of rotatable bonds is 6. The zero-order valence-electron chi connectivity index (χ0n) is 18.3. The Morgan fingerprint density at radius 2 is 1.94 bits per heavy atom. The van der Waals surface area contributed by atoms with Crippen molar-refractivity contribution in [3.05, 3.63) is 52.0 Å². The van der Waals surface area contributed by atoms with Gasteiger partial charge < -0.3 is 10.2 Å². The first kappa shape index (κ1) is 24.0. The van der Waals surface area contributed by atoms with Crippen LogP contribution in [0.25, 0.3) is 0 Å². The molecule has 0 radical (unpaired) electrons. The number of likely N-dealkylation sites (tertiary alicyclic amines) is 1. The van der Waals surface area contributed by atoms with Crippen molar-refractivity contribution >= 4 is 57.9 Å². The van der Waals surface area contributed by atoms with Crippen LogP contribution < -0.4 is 10.4 Å². The molecule has 0 spiro atoms. The van der Waals surface area contributed by atoms with Gasteiger partial charge in [-0.15, -0.1) is 0 Å². The van der Waals surface area contributed by atoms with Crippen LogP contribution in [0.4, 0.5) is 11.4 Å². The van der Waals surface area contributed by atoms with Gasteiger partial charge in [0.05, 0.1) is 33.7 Å². The highest BCUT2D eigenvalue weighted by Crippen LogP contribution is 2.38. The quantitative estimate of drug-likeness (QED) is 0.402. The maximum atomic E-state index is 12.9. The predicted molar refractivity (Wildman–Crippen MR) is 132 cm³/mol. The average Bonchev–Trinajstić information content (AvgIpc) is 3.08. The lowest BCUT2D eigenvalue weighted by Crippen LogP contribution is -2.36. The summed E-state index contributed by atoms with van der Waals surface area (Å²) in [6, 6.07) is 10.1. The molecule has 0 bridgehead atoms. The molecule has 2 heterocycles. The van der Waals surface area contributed by atoms with Gasteiger partial charge in [-0.25, -0.2) is 0 Å². The van der Waals surface area contributed by atoms with E-state index in [1.807, 2.05) is 11.0 Å². The fourth-order valence-corrected chi connectivity index (χ4v) is 4.40. The second kappa shape index (κ2) is 10.0. The molecule has 0 aliphatic carbocycles. The van der Waals surface area contributed by atoms with E-state index in [0.717, 1.165) is 18.4 Å². The number of carboxylic acid groups (broad SMARTS) is 1. The summed E-state index contributed by atoms with van der Waals surface area (Å²) in [4.78, 5) is 25.7. The van der Waals surface area contributed by atoms with Gasteiger partial charge in [-0.1, -0.05) is 35.3 Å². The smallest absolute Gasteiger partial charge is 0.317 e. The van der Waals surface area contributed by atoms with Crippen LogP contribution in [0, 0.1) is 0 Å². The van der Waals surface area contributed by atoms with Crippen molar-refractivity contribution in [1.29, 1.82) is 0 Å². The van der Waals surface area contributed by atoms with Crippen molar-refractivity contribution in [2.45, 2.75) is 25.7 Å². The number of nitrogens with zero attached hydrogens (tertiary/aromatic N) is 4.